The van der Waals surface area contributed by atoms with Crippen molar-refractivity contribution < 1.29 is 9.53 Å². The van der Waals surface area contributed by atoms with Gasteiger partial charge in [-0.1, -0.05) is 0 Å². The Morgan fingerprint density at radius 3 is 2.68 bits per heavy atom. The van der Waals surface area contributed by atoms with E-state index in [-0.39, 0.29) is 11.3 Å². The van der Waals surface area contributed by atoms with Crippen molar-refractivity contribution >= 4 is 17.7 Å². The van der Waals surface area contributed by atoms with E-state index < -0.39 is 0 Å². The standard InChI is InChI=1S/C17H20N2O2S/c1-3-19-16(20)12-22-17(19)13-9-10-18(11-13)14-5-7-15(8-6-14)21-4-2/h5-11,17H,3-4,12H2,1-2H3/t17-/m0/s1. The van der Waals surface area contributed by atoms with Crippen LogP contribution in [0.5, 0.6) is 5.75 Å². The number of ether oxygens (including phenoxy) is 1. The fourth-order valence-electron chi connectivity index (χ4n) is 2.67. The van der Waals surface area contributed by atoms with Gasteiger partial charge in [-0.3, -0.25) is 4.79 Å². The SMILES string of the molecule is CCOc1ccc(-n2ccc([C@@H]3SCC(=O)N3CC)c2)cc1. The van der Waals surface area contributed by atoms with E-state index in [9.17, 15) is 4.79 Å². The molecule has 0 unspecified atom stereocenters. The molecule has 1 aliphatic heterocycles. The molecule has 1 fully saturated rings. The largest absolute Gasteiger partial charge is 0.494 e. The van der Waals surface area contributed by atoms with Crippen molar-refractivity contribution in [2.75, 3.05) is 18.9 Å². The zero-order valence-electron chi connectivity index (χ0n) is 12.9. The fraction of sp³-hybridized carbons (Fsp3) is 0.353. The number of thioether (sulfide) groups is 1. The van der Waals surface area contributed by atoms with Crippen LogP contribution in [0, 0.1) is 0 Å². The van der Waals surface area contributed by atoms with Gasteiger partial charge in [0.2, 0.25) is 5.91 Å². The number of carbonyl (C=O) groups is 1. The summed E-state index contributed by atoms with van der Waals surface area (Å²) in [4.78, 5) is 13.8. The molecule has 0 radical (unpaired) electrons. The number of aromatic nitrogens is 1. The summed E-state index contributed by atoms with van der Waals surface area (Å²) < 4.78 is 7.55. The van der Waals surface area contributed by atoms with E-state index in [2.05, 4.69) is 16.8 Å². The van der Waals surface area contributed by atoms with E-state index in [0.29, 0.717) is 12.4 Å². The molecule has 22 heavy (non-hydrogen) atoms. The zero-order valence-corrected chi connectivity index (χ0v) is 13.7. The lowest BCUT2D eigenvalue weighted by atomic mass is 10.3. The van der Waals surface area contributed by atoms with E-state index in [1.807, 2.05) is 49.2 Å². The number of benzene rings is 1. The number of amides is 1. The number of rotatable bonds is 5. The molecule has 1 aromatic carbocycles. The molecular formula is C17H20N2O2S. The van der Waals surface area contributed by atoms with Gasteiger partial charge in [-0.2, -0.15) is 0 Å². The molecule has 3 rings (SSSR count). The summed E-state index contributed by atoms with van der Waals surface area (Å²) >= 11 is 1.70. The van der Waals surface area contributed by atoms with E-state index in [4.69, 9.17) is 4.74 Å². The number of carbonyl (C=O) groups excluding carboxylic acids is 1. The molecule has 0 aliphatic carbocycles. The van der Waals surface area contributed by atoms with Crippen molar-refractivity contribution in [2.24, 2.45) is 0 Å². The highest BCUT2D eigenvalue weighted by molar-refractivity contribution is 8.00. The molecule has 1 atom stereocenters. The highest BCUT2D eigenvalue weighted by atomic mass is 32.2. The number of hydrogen-bond acceptors (Lipinski definition) is 3. The Morgan fingerprint density at radius 2 is 2.00 bits per heavy atom. The van der Waals surface area contributed by atoms with Gasteiger partial charge in [-0.15, -0.1) is 11.8 Å². The summed E-state index contributed by atoms with van der Waals surface area (Å²) in [5.74, 6) is 1.69. The first-order chi connectivity index (χ1) is 10.7. The first kappa shape index (κ1) is 15.0. The third kappa shape index (κ3) is 2.86. The molecule has 1 aliphatic rings. The Labute approximate surface area is 135 Å². The molecule has 0 spiro atoms. The lowest BCUT2D eigenvalue weighted by Crippen LogP contribution is -2.27. The molecule has 4 nitrogen and oxygen atoms in total. The predicted octanol–water partition coefficient (Wildman–Crippen LogP) is 3.47. The minimum atomic E-state index is 0.140. The first-order valence-electron chi connectivity index (χ1n) is 7.55. The molecule has 1 aromatic heterocycles. The number of hydrogen-bond donors (Lipinski definition) is 0. The van der Waals surface area contributed by atoms with Crippen molar-refractivity contribution in [1.29, 1.82) is 0 Å². The molecule has 2 aromatic rings. The maximum atomic E-state index is 11.8. The Hall–Kier alpha value is -1.88. The molecule has 1 saturated heterocycles. The van der Waals surface area contributed by atoms with Crippen molar-refractivity contribution in [3.05, 3.63) is 48.3 Å². The minimum absolute atomic E-state index is 0.140. The summed E-state index contributed by atoms with van der Waals surface area (Å²) in [5.41, 5.74) is 2.26. The summed E-state index contributed by atoms with van der Waals surface area (Å²) in [6.07, 6.45) is 4.15. The van der Waals surface area contributed by atoms with Crippen LogP contribution in [-0.4, -0.2) is 34.3 Å². The average Bonchev–Trinajstić information content (AvgIpc) is 3.14. The smallest absolute Gasteiger partial charge is 0.233 e. The van der Waals surface area contributed by atoms with Gasteiger partial charge in [0.05, 0.1) is 12.4 Å². The monoisotopic (exact) mass is 316 g/mol. The molecule has 0 bridgehead atoms. The molecular weight excluding hydrogens is 296 g/mol. The van der Waals surface area contributed by atoms with Crippen LogP contribution >= 0.6 is 11.8 Å². The van der Waals surface area contributed by atoms with Gasteiger partial charge in [0.25, 0.3) is 0 Å². The van der Waals surface area contributed by atoms with Crippen molar-refractivity contribution in [3.8, 4) is 11.4 Å². The second kappa shape index (κ2) is 6.48. The van der Waals surface area contributed by atoms with Crippen molar-refractivity contribution in [2.45, 2.75) is 19.2 Å². The van der Waals surface area contributed by atoms with Gasteiger partial charge in [-0.25, -0.2) is 0 Å². The van der Waals surface area contributed by atoms with Crippen LogP contribution in [0.3, 0.4) is 0 Å². The molecule has 5 heteroatoms. The van der Waals surface area contributed by atoms with E-state index in [1.54, 1.807) is 11.8 Å². The zero-order chi connectivity index (χ0) is 15.5. The topological polar surface area (TPSA) is 34.5 Å². The highest BCUT2D eigenvalue weighted by Gasteiger charge is 2.31. The maximum Gasteiger partial charge on any atom is 0.233 e. The summed E-state index contributed by atoms with van der Waals surface area (Å²) in [7, 11) is 0. The first-order valence-corrected chi connectivity index (χ1v) is 8.60. The van der Waals surface area contributed by atoms with Gasteiger partial charge in [-0.05, 0) is 44.2 Å². The number of nitrogens with zero attached hydrogens (tertiary/aromatic N) is 2. The quantitative estimate of drug-likeness (QED) is 0.847. The van der Waals surface area contributed by atoms with Gasteiger partial charge in [0.15, 0.2) is 0 Å². The lowest BCUT2D eigenvalue weighted by molar-refractivity contribution is -0.127. The van der Waals surface area contributed by atoms with Crippen LogP contribution in [-0.2, 0) is 4.79 Å². The summed E-state index contributed by atoms with van der Waals surface area (Å²) in [6.45, 7) is 5.43. The van der Waals surface area contributed by atoms with Crippen LogP contribution in [0.1, 0.15) is 24.8 Å². The van der Waals surface area contributed by atoms with Gasteiger partial charge >= 0.3 is 0 Å². The Bertz CT molecular complexity index is 651. The second-order valence-corrected chi connectivity index (χ2v) is 6.19. The Kier molecular flexibility index (Phi) is 4.43. The molecule has 0 saturated carbocycles. The van der Waals surface area contributed by atoms with E-state index in [0.717, 1.165) is 18.0 Å². The van der Waals surface area contributed by atoms with Crippen molar-refractivity contribution in [3.63, 3.8) is 0 Å². The Balaban J connectivity index is 1.80. The lowest BCUT2D eigenvalue weighted by Gasteiger charge is -2.21. The minimum Gasteiger partial charge on any atom is -0.494 e. The maximum absolute atomic E-state index is 11.8. The summed E-state index contributed by atoms with van der Waals surface area (Å²) in [5, 5.41) is 0.140. The average molecular weight is 316 g/mol. The summed E-state index contributed by atoms with van der Waals surface area (Å²) in [6, 6.07) is 10.1. The molecule has 1 amide bonds. The van der Waals surface area contributed by atoms with Crippen LogP contribution < -0.4 is 4.74 Å². The van der Waals surface area contributed by atoms with Crippen molar-refractivity contribution in [1.82, 2.24) is 9.47 Å². The third-order valence-electron chi connectivity index (χ3n) is 3.76. The Morgan fingerprint density at radius 1 is 1.23 bits per heavy atom. The second-order valence-electron chi connectivity index (χ2n) is 5.12. The van der Waals surface area contributed by atoms with Gasteiger partial charge in [0.1, 0.15) is 11.1 Å². The van der Waals surface area contributed by atoms with Gasteiger partial charge < -0.3 is 14.2 Å². The normalized spacial score (nSPS) is 18.0. The van der Waals surface area contributed by atoms with Crippen LogP contribution in [0.2, 0.25) is 0 Å². The fourth-order valence-corrected chi connectivity index (χ4v) is 3.92. The van der Waals surface area contributed by atoms with Crippen LogP contribution in [0.15, 0.2) is 42.7 Å². The molecule has 0 N–H and O–H groups in total. The third-order valence-corrected chi connectivity index (χ3v) is 5.01. The van der Waals surface area contributed by atoms with Crippen LogP contribution in [0.25, 0.3) is 5.69 Å². The van der Waals surface area contributed by atoms with E-state index in [1.165, 1.54) is 5.56 Å². The molecule has 2 heterocycles. The van der Waals surface area contributed by atoms with E-state index >= 15 is 0 Å². The predicted molar refractivity (Wildman–Crippen MR) is 89.5 cm³/mol. The highest BCUT2D eigenvalue weighted by Crippen LogP contribution is 2.38. The van der Waals surface area contributed by atoms with Gasteiger partial charge in [0, 0.05) is 30.2 Å². The molecule has 116 valence electrons. The van der Waals surface area contributed by atoms with Crippen LogP contribution in [0.4, 0.5) is 0 Å².